The van der Waals surface area contributed by atoms with Gasteiger partial charge in [0.2, 0.25) is 12.2 Å². The molecule has 0 fully saturated rings. The van der Waals surface area contributed by atoms with E-state index in [2.05, 4.69) is 16.9 Å². The monoisotopic (exact) mass is 210 g/mol. The number of rotatable bonds is 9. The molecule has 15 heavy (non-hydrogen) atoms. The second-order valence-corrected chi connectivity index (χ2v) is 3.56. The molecular formula is C11H18N2O2. The van der Waals surface area contributed by atoms with Gasteiger partial charge in [-0.25, -0.2) is 19.6 Å². The third kappa shape index (κ3) is 9.07. The lowest BCUT2D eigenvalue weighted by atomic mass is 9.97. The molecule has 0 radical (unpaired) electrons. The van der Waals surface area contributed by atoms with Gasteiger partial charge in [-0.15, -0.1) is 0 Å². The Labute approximate surface area is 90.5 Å². The normalized spacial score (nSPS) is 11.3. The highest BCUT2D eigenvalue weighted by molar-refractivity contribution is 5.33. The lowest BCUT2D eigenvalue weighted by molar-refractivity contribution is 0.432. The van der Waals surface area contributed by atoms with Crippen LogP contribution in [0.3, 0.4) is 0 Å². The van der Waals surface area contributed by atoms with Crippen LogP contribution in [0.15, 0.2) is 9.98 Å². The van der Waals surface area contributed by atoms with Crippen molar-refractivity contribution in [1.29, 1.82) is 0 Å². The van der Waals surface area contributed by atoms with Crippen LogP contribution in [0.2, 0.25) is 0 Å². The Morgan fingerprint density at radius 3 is 2.33 bits per heavy atom. The van der Waals surface area contributed by atoms with E-state index in [-0.39, 0.29) is 0 Å². The molecule has 0 bridgehead atoms. The summed E-state index contributed by atoms with van der Waals surface area (Å²) >= 11 is 0. The van der Waals surface area contributed by atoms with E-state index in [1.54, 1.807) is 6.08 Å². The molecule has 0 spiro atoms. The van der Waals surface area contributed by atoms with Crippen LogP contribution in [-0.2, 0) is 9.59 Å². The van der Waals surface area contributed by atoms with E-state index in [1.807, 2.05) is 0 Å². The average molecular weight is 210 g/mol. The van der Waals surface area contributed by atoms with Gasteiger partial charge in [-0.2, -0.15) is 0 Å². The molecule has 0 aromatic heterocycles. The van der Waals surface area contributed by atoms with Crippen LogP contribution < -0.4 is 0 Å². The summed E-state index contributed by atoms with van der Waals surface area (Å²) in [6, 6.07) is 0. The Morgan fingerprint density at radius 1 is 1.07 bits per heavy atom. The molecule has 4 nitrogen and oxygen atoms in total. The van der Waals surface area contributed by atoms with Crippen molar-refractivity contribution in [2.24, 2.45) is 15.9 Å². The van der Waals surface area contributed by atoms with Crippen molar-refractivity contribution >= 4 is 12.2 Å². The zero-order chi connectivity index (χ0) is 11.4. The number of unbranched alkanes of at least 4 members (excludes halogenated alkanes) is 1. The molecule has 0 aromatic carbocycles. The first kappa shape index (κ1) is 13.8. The van der Waals surface area contributed by atoms with Crippen LogP contribution in [0.5, 0.6) is 0 Å². The van der Waals surface area contributed by atoms with Crippen molar-refractivity contribution in [3.63, 3.8) is 0 Å². The largest absolute Gasteiger partial charge is 0.234 e. The maximum Gasteiger partial charge on any atom is 0.234 e. The van der Waals surface area contributed by atoms with E-state index in [0.29, 0.717) is 19.0 Å². The number of carbonyl (C=O) groups excluding carboxylic acids is 2. The molecule has 0 saturated carbocycles. The van der Waals surface area contributed by atoms with E-state index in [0.717, 1.165) is 32.1 Å². The summed E-state index contributed by atoms with van der Waals surface area (Å²) in [5.74, 6) is 0.424. The van der Waals surface area contributed by atoms with Crippen LogP contribution >= 0.6 is 0 Å². The molecule has 1 unspecified atom stereocenters. The number of isocyanates is 2. The molecule has 0 rings (SSSR count). The SMILES string of the molecule is CCCCC(CCCN=C=O)CN=C=O. The van der Waals surface area contributed by atoms with Crippen molar-refractivity contribution in [3.8, 4) is 0 Å². The molecule has 4 heteroatoms. The smallest absolute Gasteiger partial charge is 0.211 e. The summed E-state index contributed by atoms with van der Waals surface area (Å²) in [4.78, 5) is 26.9. The van der Waals surface area contributed by atoms with Gasteiger partial charge in [-0.05, 0) is 25.2 Å². The molecule has 1 atom stereocenters. The highest BCUT2D eigenvalue weighted by atomic mass is 16.1. The van der Waals surface area contributed by atoms with Crippen LogP contribution in [0, 0.1) is 5.92 Å². The molecule has 0 aliphatic carbocycles. The molecule has 0 aliphatic heterocycles. The molecule has 0 saturated heterocycles. The lowest BCUT2D eigenvalue weighted by Gasteiger charge is -2.11. The second kappa shape index (κ2) is 10.8. The van der Waals surface area contributed by atoms with Gasteiger partial charge in [0.05, 0.1) is 13.1 Å². The number of hydrogen-bond donors (Lipinski definition) is 0. The maximum atomic E-state index is 10.00. The molecule has 0 heterocycles. The Morgan fingerprint density at radius 2 is 1.73 bits per heavy atom. The average Bonchev–Trinajstić information content (AvgIpc) is 2.27. The van der Waals surface area contributed by atoms with Crippen LogP contribution in [0.4, 0.5) is 0 Å². The minimum atomic E-state index is 0.424. The summed E-state index contributed by atoms with van der Waals surface area (Å²) in [7, 11) is 0. The van der Waals surface area contributed by atoms with Crippen molar-refractivity contribution < 1.29 is 9.59 Å². The van der Waals surface area contributed by atoms with Crippen LogP contribution in [-0.4, -0.2) is 25.2 Å². The summed E-state index contributed by atoms with van der Waals surface area (Å²) in [6.07, 6.45) is 8.27. The zero-order valence-corrected chi connectivity index (χ0v) is 9.24. The lowest BCUT2D eigenvalue weighted by Crippen LogP contribution is -2.05. The Hall–Kier alpha value is -1.24. The standard InChI is InChI=1S/C11H18N2O2/c1-2-3-5-11(8-13-10-15)6-4-7-12-9-14/h11H,2-8H2,1H3. The van der Waals surface area contributed by atoms with E-state index in [4.69, 9.17) is 0 Å². The zero-order valence-electron chi connectivity index (χ0n) is 9.24. The van der Waals surface area contributed by atoms with Gasteiger partial charge in [0.15, 0.2) is 0 Å². The van der Waals surface area contributed by atoms with Crippen molar-refractivity contribution in [3.05, 3.63) is 0 Å². The van der Waals surface area contributed by atoms with Gasteiger partial charge < -0.3 is 0 Å². The van der Waals surface area contributed by atoms with Crippen molar-refractivity contribution in [2.45, 2.75) is 39.0 Å². The molecule has 0 aromatic rings. The first-order valence-corrected chi connectivity index (χ1v) is 5.42. The summed E-state index contributed by atoms with van der Waals surface area (Å²) in [6.45, 7) is 3.21. The fraction of sp³-hybridized carbons (Fsp3) is 0.818. The fourth-order valence-corrected chi connectivity index (χ4v) is 1.49. The minimum absolute atomic E-state index is 0.424. The molecule has 0 N–H and O–H groups in total. The minimum Gasteiger partial charge on any atom is -0.211 e. The van der Waals surface area contributed by atoms with Gasteiger partial charge >= 0.3 is 0 Å². The quantitative estimate of drug-likeness (QED) is 0.333. The van der Waals surface area contributed by atoms with E-state index in [1.165, 1.54) is 6.08 Å². The van der Waals surface area contributed by atoms with Gasteiger partial charge in [-0.1, -0.05) is 19.8 Å². The van der Waals surface area contributed by atoms with Crippen molar-refractivity contribution in [2.75, 3.05) is 13.1 Å². The Balaban J connectivity index is 3.77. The van der Waals surface area contributed by atoms with E-state index < -0.39 is 0 Å². The third-order valence-corrected chi connectivity index (χ3v) is 2.33. The van der Waals surface area contributed by atoms with Gasteiger partial charge in [0.25, 0.3) is 0 Å². The molecular weight excluding hydrogens is 192 g/mol. The summed E-state index contributed by atoms with van der Waals surface area (Å²) in [5.41, 5.74) is 0. The van der Waals surface area contributed by atoms with E-state index >= 15 is 0 Å². The number of aliphatic imine (C=N–C) groups is 2. The van der Waals surface area contributed by atoms with Crippen LogP contribution in [0.1, 0.15) is 39.0 Å². The molecule has 84 valence electrons. The van der Waals surface area contributed by atoms with E-state index in [9.17, 15) is 9.59 Å². The number of hydrogen-bond acceptors (Lipinski definition) is 4. The molecule has 0 amide bonds. The van der Waals surface area contributed by atoms with Crippen LogP contribution in [0.25, 0.3) is 0 Å². The Kier molecular flexibility index (Phi) is 9.94. The molecule has 0 aliphatic rings. The predicted molar refractivity (Wildman–Crippen MR) is 58.2 cm³/mol. The first-order valence-electron chi connectivity index (χ1n) is 5.42. The highest BCUT2D eigenvalue weighted by Gasteiger charge is 2.06. The fourth-order valence-electron chi connectivity index (χ4n) is 1.49. The first-order chi connectivity index (χ1) is 7.35. The summed E-state index contributed by atoms with van der Waals surface area (Å²) < 4.78 is 0. The second-order valence-electron chi connectivity index (χ2n) is 3.56. The summed E-state index contributed by atoms with van der Waals surface area (Å²) in [5, 5.41) is 0. The third-order valence-electron chi connectivity index (χ3n) is 2.33. The van der Waals surface area contributed by atoms with Gasteiger partial charge in [0.1, 0.15) is 0 Å². The highest BCUT2D eigenvalue weighted by Crippen LogP contribution is 2.15. The topological polar surface area (TPSA) is 58.9 Å². The Bertz CT molecular complexity index is 241. The van der Waals surface area contributed by atoms with Gasteiger partial charge in [0, 0.05) is 0 Å². The maximum absolute atomic E-state index is 10.00. The predicted octanol–water partition coefficient (Wildman–Crippen LogP) is 2.24. The number of nitrogens with zero attached hydrogens (tertiary/aromatic N) is 2. The van der Waals surface area contributed by atoms with Crippen molar-refractivity contribution in [1.82, 2.24) is 0 Å². The van der Waals surface area contributed by atoms with Gasteiger partial charge in [-0.3, -0.25) is 0 Å².